The Balaban J connectivity index is 1.98. The van der Waals surface area contributed by atoms with Gasteiger partial charge in [0.2, 0.25) is 5.09 Å². The second-order valence-electron chi connectivity index (χ2n) is 4.51. The van der Waals surface area contributed by atoms with Crippen LogP contribution < -0.4 is 4.72 Å². The van der Waals surface area contributed by atoms with Crippen LogP contribution in [0.25, 0.3) is 11.3 Å². The van der Waals surface area contributed by atoms with Crippen LogP contribution in [-0.4, -0.2) is 20.1 Å². The maximum absolute atomic E-state index is 12.0. The lowest BCUT2D eigenvalue weighted by Gasteiger charge is -2.01. The first kappa shape index (κ1) is 12.4. The summed E-state index contributed by atoms with van der Waals surface area (Å²) in [6, 6.07) is 3.36. The summed E-state index contributed by atoms with van der Waals surface area (Å²) >= 11 is 0. The Hall–Kier alpha value is -1.60. The quantitative estimate of drug-likeness (QED) is 0.907. The standard InChI is InChI=1S/C12H14N2O4S/c1-2-13-19(15,16)12-9(5-6-17-12)11-7-10(14-18-11)8-3-4-8/h5-8,13H,2-4H2,1H3. The van der Waals surface area contributed by atoms with E-state index in [1.807, 2.05) is 0 Å². The highest BCUT2D eigenvalue weighted by molar-refractivity contribution is 7.89. The summed E-state index contributed by atoms with van der Waals surface area (Å²) in [6.07, 6.45) is 3.55. The number of nitrogens with zero attached hydrogens (tertiary/aromatic N) is 1. The van der Waals surface area contributed by atoms with E-state index in [1.54, 1.807) is 19.1 Å². The number of aromatic nitrogens is 1. The number of hydrogen-bond acceptors (Lipinski definition) is 5. The summed E-state index contributed by atoms with van der Waals surface area (Å²) in [4.78, 5) is 0. The molecule has 0 amide bonds. The minimum Gasteiger partial charge on any atom is -0.451 e. The van der Waals surface area contributed by atoms with E-state index in [1.165, 1.54) is 6.26 Å². The fraction of sp³-hybridized carbons (Fsp3) is 0.417. The molecule has 1 aliphatic carbocycles. The third-order valence-electron chi connectivity index (χ3n) is 3.00. The van der Waals surface area contributed by atoms with Crippen LogP contribution in [0, 0.1) is 0 Å². The molecule has 102 valence electrons. The van der Waals surface area contributed by atoms with Crippen molar-refractivity contribution in [1.82, 2.24) is 9.88 Å². The highest BCUT2D eigenvalue weighted by Gasteiger charge is 2.29. The first-order valence-electron chi connectivity index (χ1n) is 6.16. The Morgan fingerprint density at radius 2 is 2.26 bits per heavy atom. The number of hydrogen-bond donors (Lipinski definition) is 1. The zero-order chi connectivity index (χ0) is 13.5. The van der Waals surface area contributed by atoms with Crippen molar-refractivity contribution in [2.24, 2.45) is 0 Å². The summed E-state index contributed by atoms with van der Waals surface area (Å²) < 4.78 is 36.6. The molecule has 0 aliphatic heterocycles. The molecular formula is C12H14N2O4S. The van der Waals surface area contributed by atoms with Crippen LogP contribution in [0.15, 0.2) is 32.4 Å². The summed E-state index contributed by atoms with van der Waals surface area (Å²) in [5.41, 5.74) is 1.28. The zero-order valence-corrected chi connectivity index (χ0v) is 11.2. The molecule has 2 aromatic heterocycles. The van der Waals surface area contributed by atoms with E-state index in [4.69, 9.17) is 8.94 Å². The molecular weight excluding hydrogens is 268 g/mol. The van der Waals surface area contributed by atoms with Gasteiger partial charge in [0.25, 0.3) is 10.0 Å². The van der Waals surface area contributed by atoms with Crippen LogP contribution in [0.5, 0.6) is 0 Å². The molecule has 0 spiro atoms. The fourth-order valence-corrected chi connectivity index (χ4v) is 3.08. The number of furan rings is 1. The van der Waals surface area contributed by atoms with Gasteiger partial charge in [0.1, 0.15) is 0 Å². The second-order valence-corrected chi connectivity index (χ2v) is 6.18. The molecule has 0 atom stereocenters. The van der Waals surface area contributed by atoms with Gasteiger partial charge in [-0.3, -0.25) is 0 Å². The molecule has 0 bridgehead atoms. The number of rotatable bonds is 5. The van der Waals surface area contributed by atoms with E-state index in [2.05, 4.69) is 9.88 Å². The lowest BCUT2D eigenvalue weighted by atomic mass is 10.2. The van der Waals surface area contributed by atoms with Gasteiger partial charge in [0.05, 0.1) is 17.5 Å². The monoisotopic (exact) mass is 282 g/mol. The van der Waals surface area contributed by atoms with Crippen molar-refractivity contribution >= 4 is 10.0 Å². The lowest BCUT2D eigenvalue weighted by Crippen LogP contribution is -2.23. The van der Waals surface area contributed by atoms with Gasteiger partial charge >= 0.3 is 0 Å². The predicted molar refractivity (Wildman–Crippen MR) is 67.0 cm³/mol. The molecule has 1 aliphatic rings. The smallest absolute Gasteiger partial charge is 0.274 e. The first-order chi connectivity index (χ1) is 9.12. The minimum absolute atomic E-state index is 0.132. The summed E-state index contributed by atoms with van der Waals surface area (Å²) in [7, 11) is -3.65. The molecule has 1 N–H and O–H groups in total. The Bertz CT molecular complexity index is 682. The van der Waals surface area contributed by atoms with Crippen molar-refractivity contribution in [2.45, 2.75) is 30.8 Å². The van der Waals surface area contributed by atoms with E-state index in [-0.39, 0.29) is 5.09 Å². The first-order valence-corrected chi connectivity index (χ1v) is 7.64. The predicted octanol–water partition coefficient (Wildman–Crippen LogP) is 2.11. The highest BCUT2D eigenvalue weighted by atomic mass is 32.2. The average molecular weight is 282 g/mol. The molecule has 2 aromatic rings. The molecule has 0 radical (unpaired) electrons. The van der Waals surface area contributed by atoms with Gasteiger partial charge < -0.3 is 8.94 Å². The Morgan fingerprint density at radius 1 is 1.47 bits per heavy atom. The molecule has 3 rings (SSSR count). The van der Waals surface area contributed by atoms with E-state index in [0.29, 0.717) is 23.8 Å². The van der Waals surface area contributed by atoms with Gasteiger partial charge in [-0.05, 0) is 18.9 Å². The van der Waals surface area contributed by atoms with Crippen LogP contribution in [0.1, 0.15) is 31.4 Å². The van der Waals surface area contributed by atoms with Gasteiger partial charge in [0.15, 0.2) is 5.76 Å². The largest absolute Gasteiger partial charge is 0.451 e. The topological polar surface area (TPSA) is 85.3 Å². The third-order valence-corrected chi connectivity index (χ3v) is 4.47. The molecule has 0 saturated heterocycles. The van der Waals surface area contributed by atoms with E-state index < -0.39 is 10.0 Å². The van der Waals surface area contributed by atoms with Gasteiger partial charge in [-0.15, -0.1) is 0 Å². The van der Waals surface area contributed by atoms with E-state index in [9.17, 15) is 8.42 Å². The van der Waals surface area contributed by atoms with E-state index >= 15 is 0 Å². The Labute approximate surface area is 110 Å². The molecule has 0 aromatic carbocycles. The second kappa shape index (κ2) is 4.50. The van der Waals surface area contributed by atoms with Crippen molar-refractivity contribution in [2.75, 3.05) is 6.54 Å². The van der Waals surface area contributed by atoms with Crippen LogP contribution in [0.3, 0.4) is 0 Å². The van der Waals surface area contributed by atoms with Crippen molar-refractivity contribution in [3.05, 3.63) is 24.1 Å². The maximum atomic E-state index is 12.0. The highest BCUT2D eigenvalue weighted by Crippen LogP contribution is 2.41. The van der Waals surface area contributed by atoms with E-state index in [0.717, 1.165) is 18.5 Å². The molecule has 1 fully saturated rings. The van der Waals surface area contributed by atoms with Crippen molar-refractivity contribution in [1.29, 1.82) is 0 Å². The van der Waals surface area contributed by atoms with Crippen LogP contribution in [0.4, 0.5) is 0 Å². The van der Waals surface area contributed by atoms with Crippen LogP contribution >= 0.6 is 0 Å². The molecule has 19 heavy (non-hydrogen) atoms. The molecule has 2 heterocycles. The Kier molecular flexibility index (Phi) is 2.94. The van der Waals surface area contributed by atoms with Gasteiger partial charge in [-0.2, -0.15) is 0 Å². The zero-order valence-electron chi connectivity index (χ0n) is 10.4. The van der Waals surface area contributed by atoms with Crippen molar-refractivity contribution in [3.8, 4) is 11.3 Å². The third kappa shape index (κ3) is 2.31. The number of sulfonamides is 1. The van der Waals surface area contributed by atoms with Gasteiger partial charge in [-0.25, -0.2) is 13.1 Å². The molecule has 0 unspecified atom stereocenters. The van der Waals surface area contributed by atoms with Crippen molar-refractivity contribution in [3.63, 3.8) is 0 Å². The maximum Gasteiger partial charge on any atom is 0.274 e. The van der Waals surface area contributed by atoms with Crippen LogP contribution in [0.2, 0.25) is 0 Å². The summed E-state index contributed by atoms with van der Waals surface area (Å²) in [5, 5.41) is 3.84. The lowest BCUT2D eigenvalue weighted by molar-refractivity contribution is 0.415. The van der Waals surface area contributed by atoms with Gasteiger partial charge in [-0.1, -0.05) is 12.1 Å². The van der Waals surface area contributed by atoms with Crippen molar-refractivity contribution < 1.29 is 17.4 Å². The molecule has 7 heteroatoms. The minimum atomic E-state index is -3.65. The summed E-state index contributed by atoms with van der Waals surface area (Å²) in [5.74, 6) is 0.880. The fourth-order valence-electron chi connectivity index (χ4n) is 1.93. The molecule has 1 saturated carbocycles. The van der Waals surface area contributed by atoms with Crippen LogP contribution in [-0.2, 0) is 10.0 Å². The number of nitrogens with one attached hydrogen (secondary N) is 1. The normalized spacial score (nSPS) is 15.8. The SMILES string of the molecule is CCNS(=O)(=O)c1occc1-c1cc(C2CC2)no1. The summed E-state index contributed by atoms with van der Waals surface area (Å²) in [6.45, 7) is 2.01. The Morgan fingerprint density at radius 3 is 2.95 bits per heavy atom. The molecule has 6 nitrogen and oxygen atoms in total. The average Bonchev–Trinajstić information content (AvgIpc) is 2.92. The van der Waals surface area contributed by atoms with Gasteiger partial charge in [0, 0.05) is 18.5 Å².